The van der Waals surface area contributed by atoms with E-state index in [0.717, 1.165) is 28.6 Å². The normalized spacial score (nSPS) is 16.7. The molecule has 0 aliphatic carbocycles. The smallest absolute Gasteiger partial charge is 0.325 e. The van der Waals surface area contributed by atoms with Crippen LogP contribution in [0, 0.1) is 11.3 Å². The molecule has 1 fully saturated rings. The first-order valence-electron chi connectivity index (χ1n) is 16.5. The largest absolute Gasteiger partial charge is 0.460 e. The number of nitrogens with zero attached hydrogens (tertiary/aromatic N) is 4. The highest BCUT2D eigenvalue weighted by Gasteiger charge is 2.37. The lowest BCUT2D eigenvalue weighted by Gasteiger charge is -2.35. The molecule has 2 aromatic heterocycles. The van der Waals surface area contributed by atoms with Gasteiger partial charge in [-0.05, 0) is 62.8 Å². The number of carbonyl (C=O) groups excluding carboxylic acids is 4. The number of hydrogen-bond acceptors (Lipinski definition) is 8. The molecule has 1 aliphatic rings. The number of benzene rings is 1. The summed E-state index contributed by atoms with van der Waals surface area (Å²) in [6, 6.07) is 8.78. The monoisotopic (exact) mass is 747 g/mol. The molecule has 1 saturated heterocycles. The Morgan fingerprint density at radius 1 is 1.12 bits per heavy atom. The molecule has 3 atom stereocenters. The molecule has 0 spiro atoms. The van der Waals surface area contributed by atoms with Gasteiger partial charge in [-0.1, -0.05) is 85.9 Å². The van der Waals surface area contributed by atoms with Crippen molar-refractivity contribution in [3.63, 3.8) is 0 Å². The van der Waals surface area contributed by atoms with Crippen LogP contribution in [-0.4, -0.2) is 78.5 Å². The molecular formula is C35H44Cl3N7O5. The number of pyridine rings is 1. The molecule has 3 amide bonds. The zero-order chi connectivity index (χ0) is 36.6. The molecule has 270 valence electrons. The molecule has 1 aromatic carbocycles. The minimum Gasteiger partial charge on any atom is -0.460 e. The van der Waals surface area contributed by atoms with E-state index in [1.807, 2.05) is 50.3 Å². The van der Waals surface area contributed by atoms with Crippen molar-refractivity contribution in [2.24, 2.45) is 11.3 Å². The van der Waals surface area contributed by atoms with Crippen molar-refractivity contribution in [1.29, 1.82) is 0 Å². The third-order valence-electron chi connectivity index (χ3n) is 8.31. The van der Waals surface area contributed by atoms with Crippen LogP contribution in [0.5, 0.6) is 0 Å². The maximum absolute atomic E-state index is 13.8. The van der Waals surface area contributed by atoms with E-state index in [-0.39, 0.29) is 24.9 Å². The lowest BCUT2D eigenvalue weighted by atomic mass is 9.89. The molecule has 0 radical (unpaired) electrons. The molecule has 4 rings (SSSR count). The Bertz CT molecular complexity index is 1690. The van der Waals surface area contributed by atoms with Gasteiger partial charge in [0.1, 0.15) is 24.7 Å². The SMILES string of the molecule is CCc1ccc2ccc(/C=C/C(C)(C)C(=O)N[C@H](C(=O)NC(Cn3cccn3)C(=O)N3CCC[C@@H](C(=O)OCC(Cl)(Cl)Cl)N3)C(C)C)cc2n1. The Balaban J connectivity index is 1.46. The molecule has 0 bridgehead atoms. The summed E-state index contributed by atoms with van der Waals surface area (Å²) in [5, 5.41) is 12.2. The molecule has 3 aromatic rings. The average Bonchev–Trinajstić information content (AvgIpc) is 3.60. The van der Waals surface area contributed by atoms with Gasteiger partial charge < -0.3 is 15.4 Å². The molecule has 3 heterocycles. The van der Waals surface area contributed by atoms with Crippen molar-refractivity contribution >= 4 is 75.5 Å². The fourth-order valence-corrected chi connectivity index (χ4v) is 5.48. The van der Waals surface area contributed by atoms with E-state index in [1.165, 1.54) is 9.69 Å². The maximum atomic E-state index is 13.8. The Hall–Kier alpha value is -3.71. The number of esters is 1. The Labute approximate surface area is 307 Å². The summed E-state index contributed by atoms with van der Waals surface area (Å²) in [6.45, 7) is 9.04. The molecule has 50 heavy (non-hydrogen) atoms. The summed E-state index contributed by atoms with van der Waals surface area (Å²) < 4.78 is 4.85. The Kier molecular flexibility index (Phi) is 13.3. The lowest BCUT2D eigenvalue weighted by Crippen LogP contribution is -2.62. The van der Waals surface area contributed by atoms with Gasteiger partial charge in [0.2, 0.25) is 15.6 Å². The number of aryl methyl sites for hydroxylation is 1. The number of ether oxygens (including phenoxy) is 1. The standard InChI is InChI=1S/C35H44Cl3N7O5/c1-6-25-13-12-24-11-10-23(19-27(24)40-25)14-15-34(4,5)33(49)42-29(22(2)3)30(46)41-28(20-44-17-8-16-39-44)31(47)45-18-7-9-26(43-45)32(48)50-21-35(36,37)38/h8,10-17,19,22,26,28-29,43H,6-7,9,18,20-21H2,1-5H3,(H,41,46)(H,42,49)/b15-14+/t26-,28?,29-/m0/s1. The fraction of sp³-hybridized carbons (Fsp3) is 0.486. The third kappa shape index (κ3) is 10.9. The Morgan fingerprint density at radius 3 is 2.52 bits per heavy atom. The van der Waals surface area contributed by atoms with Crippen molar-refractivity contribution in [2.75, 3.05) is 13.2 Å². The summed E-state index contributed by atoms with van der Waals surface area (Å²) in [5.41, 5.74) is 4.67. The zero-order valence-corrected chi connectivity index (χ0v) is 31.1. The Morgan fingerprint density at radius 2 is 1.86 bits per heavy atom. The third-order valence-corrected chi connectivity index (χ3v) is 8.64. The molecule has 12 nitrogen and oxygen atoms in total. The number of carbonyl (C=O) groups is 4. The van der Waals surface area contributed by atoms with E-state index in [0.29, 0.717) is 12.8 Å². The lowest BCUT2D eigenvalue weighted by molar-refractivity contribution is -0.153. The van der Waals surface area contributed by atoms with Crippen molar-refractivity contribution in [2.45, 2.75) is 82.3 Å². The van der Waals surface area contributed by atoms with E-state index in [1.54, 1.807) is 38.4 Å². The van der Waals surface area contributed by atoms with Crippen LogP contribution in [0.15, 0.2) is 54.9 Å². The van der Waals surface area contributed by atoms with Crippen LogP contribution < -0.4 is 16.1 Å². The summed E-state index contributed by atoms with van der Waals surface area (Å²) in [4.78, 5) is 58.6. The van der Waals surface area contributed by atoms with Crippen LogP contribution in [-0.2, 0) is 36.9 Å². The number of nitrogens with one attached hydrogen (secondary N) is 3. The predicted octanol–water partition coefficient (Wildman–Crippen LogP) is 4.77. The van der Waals surface area contributed by atoms with Gasteiger partial charge in [0.25, 0.3) is 5.91 Å². The first-order chi connectivity index (χ1) is 23.6. The highest BCUT2D eigenvalue weighted by molar-refractivity contribution is 6.67. The predicted molar refractivity (Wildman–Crippen MR) is 194 cm³/mol. The van der Waals surface area contributed by atoms with Crippen LogP contribution in [0.2, 0.25) is 0 Å². The van der Waals surface area contributed by atoms with Crippen molar-refractivity contribution in [3.8, 4) is 0 Å². The van der Waals surface area contributed by atoms with Gasteiger partial charge in [-0.3, -0.25) is 33.9 Å². The summed E-state index contributed by atoms with van der Waals surface area (Å²) in [7, 11) is 0. The number of fused-ring (bicyclic) bond motifs is 1. The average molecular weight is 749 g/mol. The summed E-state index contributed by atoms with van der Waals surface area (Å²) >= 11 is 17.1. The molecule has 15 heteroatoms. The quantitative estimate of drug-likeness (QED) is 0.168. The zero-order valence-electron chi connectivity index (χ0n) is 28.8. The molecule has 0 saturated carbocycles. The van der Waals surface area contributed by atoms with Gasteiger partial charge in [0, 0.05) is 30.0 Å². The fourth-order valence-electron chi connectivity index (χ4n) is 5.32. The van der Waals surface area contributed by atoms with Crippen LogP contribution in [0.3, 0.4) is 0 Å². The first kappa shape index (κ1) is 39.1. The number of rotatable bonds is 13. The van der Waals surface area contributed by atoms with Crippen molar-refractivity contribution < 1.29 is 23.9 Å². The van der Waals surface area contributed by atoms with Gasteiger partial charge in [-0.25, -0.2) is 5.43 Å². The highest BCUT2D eigenvalue weighted by Crippen LogP contribution is 2.26. The topological polar surface area (TPSA) is 148 Å². The van der Waals surface area contributed by atoms with E-state index in [4.69, 9.17) is 44.5 Å². The molecular weight excluding hydrogens is 705 g/mol. The van der Waals surface area contributed by atoms with Crippen LogP contribution >= 0.6 is 34.8 Å². The minimum atomic E-state index is -1.78. The van der Waals surface area contributed by atoms with Gasteiger partial charge in [-0.15, -0.1) is 0 Å². The summed E-state index contributed by atoms with van der Waals surface area (Å²) in [5.74, 6) is -2.40. The number of hydrazine groups is 1. The molecule has 1 aliphatic heterocycles. The van der Waals surface area contributed by atoms with Crippen LogP contribution in [0.1, 0.15) is 58.7 Å². The van der Waals surface area contributed by atoms with Crippen molar-refractivity contribution in [3.05, 3.63) is 66.1 Å². The molecule has 1 unspecified atom stereocenters. The van der Waals surface area contributed by atoms with E-state index in [9.17, 15) is 19.2 Å². The second-order valence-electron chi connectivity index (χ2n) is 13.2. The van der Waals surface area contributed by atoms with E-state index in [2.05, 4.69) is 28.1 Å². The van der Waals surface area contributed by atoms with Gasteiger partial charge >= 0.3 is 5.97 Å². The van der Waals surface area contributed by atoms with Crippen LogP contribution in [0.4, 0.5) is 0 Å². The van der Waals surface area contributed by atoms with E-state index >= 15 is 0 Å². The van der Waals surface area contributed by atoms with Crippen LogP contribution in [0.25, 0.3) is 17.0 Å². The maximum Gasteiger partial charge on any atom is 0.325 e. The number of aromatic nitrogens is 3. The van der Waals surface area contributed by atoms with Crippen molar-refractivity contribution in [1.82, 2.24) is 35.8 Å². The highest BCUT2D eigenvalue weighted by atomic mass is 35.6. The molecule has 3 N–H and O–H groups in total. The van der Waals surface area contributed by atoms with Gasteiger partial charge in [-0.2, -0.15) is 5.10 Å². The van der Waals surface area contributed by atoms with E-state index < -0.39 is 51.7 Å². The minimum absolute atomic E-state index is 0.00544. The number of alkyl halides is 3. The number of hydrogen-bond donors (Lipinski definition) is 3. The van der Waals surface area contributed by atoms with Gasteiger partial charge in [0.05, 0.1) is 17.5 Å². The first-order valence-corrected chi connectivity index (χ1v) is 17.7. The second kappa shape index (κ2) is 17.0. The number of halogens is 3. The number of amides is 3. The van der Waals surface area contributed by atoms with Gasteiger partial charge in [0.15, 0.2) is 0 Å². The second-order valence-corrected chi connectivity index (χ2v) is 15.7. The summed E-state index contributed by atoms with van der Waals surface area (Å²) in [6.07, 6.45) is 8.59.